The van der Waals surface area contributed by atoms with Crippen LogP contribution < -0.4 is 10.1 Å². The summed E-state index contributed by atoms with van der Waals surface area (Å²) >= 11 is 0. The van der Waals surface area contributed by atoms with E-state index in [2.05, 4.69) is 22.2 Å². The summed E-state index contributed by atoms with van der Waals surface area (Å²) in [6.07, 6.45) is 8.29. The number of methoxy groups -OCH3 is 1. The third-order valence-electron chi connectivity index (χ3n) is 2.94. The molecular formula is C15H19N3O. The normalized spacial score (nSPS) is 12.1. The third-order valence-corrected chi connectivity index (χ3v) is 2.94. The quantitative estimate of drug-likeness (QED) is 0.864. The van der Waals surface area contributed by atoms with Gasteiger partial charge in [0.25, 0.3) is 0 Å². The first kappa shape index (κ1) is 13.5. The summed E-state index contributed by atoms with van der Waals surface area (Å²) in [5.74, 6) is 0.773. The van der Waals surface area contributed by atoms with E-state index in [0.29, 0.717) is 0 Å². The van der Waals surface area contributed by atoms with Crippen molar-refractivity contribution in [1.82, 2.24) is 15.3 Å². The van der Waals surface area contributed by atoms with Crippen LogP contribution in [0.15, 0.2) is 43.0 Å². The molecule has 19 heavy (non-hydrogen) atoms. The van der Waals surface area contributed by atoms with Crippen LogP contribution in [0.25, 0.3) is 0 Å². The van der Waals surface area contributed by atoms with Crippen molar-refractivity contribution in [1.29, 1.82) is 0 Å². The Morgan fingerprint density at radius 2 is 1.95 bits per heavy atom. The van der Waals surface area contributed by atoms with Crippen molar-refractivity contribution in [2.75, 3.05) is 13.7 Å². The number of hydrogen-bond acceptors (Lipinski definition) is 4. The van der Waals surface area contributed by atoms with E-state index in [-0.39, 0.29) is 6.04 Å². The lowest BCUT2D eigenvalue weighted by atomic mass is 10.0. The molecule has 0 radical (unpaired) electrons. The first-order valence-electron chi connectivity index (χ1n) is 6.47. The van der Waals surface area contributed by atoms with Gasteiger partial charge in [0.1, 0.15) is 5.75 Å². The minimum Gasteiger partial charge on any atom is -0.495 e. The van der Waals surface area contributed by atoms with E-state index in [1.54, 1.807) is 13.3 Å². The van der Waals surface area contributed by atoms with Gasteiger partial charge in [0.15, 0.2) is 0 Å². The Kier molecular flexibility index (Phi) is 4.86. The lowest BCUT2D eigenvalue weighted by Crippen LogP contribution is -2.23. The summed E-state index contributed by atoms with van der Waals surface area (Å²) in [6.45, 7) is 3.10. The molecule has 0 aliphatic carbocycles. The molecule has 1 atom stereocenters. The molecule has 1 unspecified atom stereocenters. The lowest BCUT2D eigenvalue weighted by molar-refractivity contribution is 0.411. The number of aromatic nitrogens is 2. The van der Waals surface area contributed by atoms with Crippen LogP contribution in [0, 0.1) is 0 Å². The summed E-state index contributed by atoms with van der Waals surface area (Å²) in [7, 11) is 1.65. The minimum absolute atomic E-state index is 0.116. The minimum atomic E-state index is 0.116. The van der Waals surface area contributed by atoms with E-state index in [0.717, 1.165) is 24.3 Å². The second-order valence-corrected chi connectivity index (χ2v) is 4.33. The van der Waals surface area contributed by atoms with Crippen molar-refractivity contribution in [3.63, 3.8) is 0 Å². The fourth-order valence-corrected chi connectivity index (χ4v) is 1.98. The molecule has 100 valence electrons. The van der Waals surface area contributed by atoms with Gasteiger partial charge in [0, 0.05) is 18.6 Å². The summed E-state index contributed by atoms with van der Waals surface area (Å²) < 4.78 is 5.24. The topological polar surface area (TPSA) is 47.0 Å². The zero-order chi connectivity index (χ0) is 13.5. The van der Waals surface area contributed by atoms with Crippen LogP contribution in [0.5, 0.6) is 5.75 Å². The van der Waals surface area contributed by atoms with Crippen LogP contribution in [0.2, 0.25) is 0 Å². The van der Waals surface area contributed by atoms with Crippen LogP contribution in [-0.2, 0) is 0 Å². The van der Waals surface area contributed by atoms with Gasteiger partial charge < -0.3 is 10.1 Å². The molecule has 0 fully saturated rings. The molecule has 4 heteroatoms. The molecule has 2 aromatic rings. The fourth-order valence-electron chi connectivity index (χ4n) is 1.98. The predicted octanol–water partition coefficient (Wildman–Crippen LogP) is 2.57. The van der Waals surface area contributed by atoms with E-state index < -0.39 is 0 Å². The summed E-state index contributed by atoms with van der Waals surface area (Å²) in [6, 6.07) is 6.17. The van der Waals surface area contributed by atoms with Gasteiger partial charge in [-0.15, -0.1) is 0 Å². The molecule has 4 nitrogen and oxygen atoms in total. The van der Waals surface area contributed by atoms with Gasteiger partial charge in [-0.05, 0) is 42.3 Å². The molecule has 0 aliphatic heterocycles. The maximum Gasteiger partial charge on any atom is 0.137 e. The molecule has 0 aromatic carbocycles. The molecule has 1 N–H and O–H groups in total. The lowest BCUT2D eigenvalue weighted by Gasteiger charge is -2.19. The van der Waals surface area contributed by atoms with E-state index in [9.17, 15) is 0 Å². The van der Waals surface area contributed by atoms with Gasteiger partial charge in [-0.1, -0.05) is 6.92 Å². The Labute approximate surface area is 113 Å². The highest BCUT2D eigenvalue weighted by atomic mass is 16.5. The molecule has 2 rings (SSSR count). The predicted molar refractivity (Wildman–Crippen MR) is 75.2 cm³/mol. The number of nitrogens with zero attached hydrogens (tertiary/aromatic N) is 2. The first-order valence-corrected chi connectivity index (χ1v) is 6.47. The van der Waals surface area contributed by atoms with Crippen LogP contribution in [0.3, 0.4) is 0 Å². The number of pyridine rings is 2. The Bertz CT molecular complexity index is 502. The molecular weight excluding hydrogens is 238 g/mol. The Balaban J connectivity index is 2.31. The van der Waals surface area contributed by atoms with Gasteiger partial charge in [-0.2, -0.15) is 0 Å². The summed E-state index contributed by atoms with van der Waals surface area (Å²) in [5.41, 5.74) is 2.28. The van der Waals surface area contributed by atoms with Crippen molar-refractivity contribution >= 4 is 0 Å². The molecule has 0 amide bonds. The Morgan fingerprint density at radius 3 is 2.63 bits per heavy atom. The third kappa shape index (κ3) is 3.51. The number of hydrogen-bond donors (Lipinski definition) is 1. The average Bonchev–Trinajstić information content (AvgIpc) is 2.49. The fraction of sp³-hybridized carbons (Fsp3) is 0.333. The van der Waals surface area contributed by atoms with Gasteiger partial charge in [-0.3, -0.25) is 9.97 Å². The molecule has 0 aliphatic rings. The largest absolute Gasteiger partial charge is 0.495 e. The second kappa shape index (κ2) is 6.85. The van der Waals surface area contributed by atoms with Gasteiger partial charge in [-0.25, -0.2) is 0 Å². The summed E-state index contributed by atoms with van der Waals surface area (Å²) in [4.78, 5) is 8.30. The highest BCUT2D eigenvalue weighted by Crippen LogP contribution is 2.23. The number of ether oxygens (including phenoxy) is 1. The first-order chi connectivity index (χ1) is 9.35. The molecule has 2 heterocycles. The molecule has 0 bridgehead atoms. The van der Waals surface area contributed by atoms with E-state index in [4.69, 9.17) is 4.74 Å². The van der Waals surface area contributed by atoms with E-state index in [1.807, 2.05) is 36.8 Å². The standard InChI is InChI=1S/C15H19N3O/c1-3-6-18-15(12-4-7-16-8-5-12)13-9-14(19-2)11-17-10-13/h4-5,7-11,15,18H,3,6H2,1-2H3. The average molecular weight is 257 g/mol. The van der Waals surface area contributed by atoms with Crippen molar-refractivity contribution < 1.29 is 4.74 Å². The molecule has 0 spiro atoms. The van der Waals surface area contributed by atoms with Gasteiger partial charge in [0.2, 0.25) is 0 Å². The van der Waals surface area contributed by atoms with Crippen molar-refractivity contribution in [3.8, 4) is 5.75 Å². The highest BCUT2D eigenvalue weighted by Gasteiger charge is 2.14. The number of nitrogens with one attached hydrogen (secondary N) is 1. The Hall–Kier alpha value is -1.94. The zero-order valence-corrected chi connectivity index (χ0v) is 11.3. The monoisotopic (exact) mass is 257 g/mol. The van der Waals surface area contributed by atoms with Crippen molar-refractivity contribution in [3.05, 3.63) is 54.1 Å². The van der Waals surface area contributed by atoms with Crippen LogP contribution in [-0.4, -0.2) is 23.6 Å². The SMILES string of the molecule is CCCNC(c1ccncc1)c1cncc(OC)c1. The maximum atomic E-state index is 5.24. The highest BCUT2D eigenvalue weighted by molar-refractivity contribution is 5.33. The zero-order valence-electron chi connectivity index (χ0n) is 11.3. The van der Waals surface area contributed by atoms with Crippen LogP contribution >= 0.6 is 0 Å². The van der Waals surface area contributed by atoms with Crippen LogP contribution in [0.4, 0.5) is 0 Å². The molecule has 0 saturated carbocycles. The maximum absolute atomic E-state index is 5.24. The summed E-state index contributed by atoms with van der Waals surface area (Å²) in [5, 5.41) is 3.53. The Morgan fingerprint density at radius 1 is 1.16 bits per heavy atom. The molecule has 0 saturated heterocycles. The molecule has 2 aromatic heterocycles. The smallest absolute Gasteiger partial charge is 0.137 e. The second-order valence-electron chi connectivity index (χ2n) is 4.33. The van der Waals surface area contributed by atoms with Crippen LogP contribution in [0.1, 0.15) is 30.5 Å². The van der Waals surface area contributed by atoms with E-state index >= 15 is 0 Å². The van der Waals surface area contributed by atoms with Crippen molar-refractivity contribution in [2.24, 2.45) is 0 Å². The van der Waals surface area contributed by atoms with Crippen molar-refractivity contribution in [2.45, 2.75) is 19.4 Å². The number of rotatable bonds is 6. The van der Waals surface area contributed by atoms with E-state index in [1.165, 1.54) is 5.56 Å². The van der Waals surface area contributed by atoms with Gasteiger partial charge >= 0.3 is 0 Å². The van der Waals surface area contributed by atoms with Gasteiger partial charge in [0.05, 0.1) is 19.3 Å².